The number of ether oxygens (including phenoxy) is 2. The lowest BCUT2D eigenvalue weighted by Gasteiger charge is -2.39. The second-order valence-electron chi connectivity index (χ2n) is 14.9. The van der Waals surface area contributed by atoms with E-state index < -0.39 is 5.60 Å². The summed E-state index contributed by atoms with van der Waals surface area (Å²) in [6, 6.07) is 33.6. The van der Waals surface area contributed by atoms with Crippen LogP contribution in [-0.2, 0) is 11.0 Å². The quantitative estimate of drug-likeness (QED) is 0.190. The first-order valence-corrected chi connectivity index (χ1v) is 18.4. The van der Waals surface area contributed by atoms with Gasteiger partial charge in [-0.15, -0.1) is 0 Å². The smallest absolute Gasteiger partial charge is 0.178 e. The van der Waals surface area contributed by atoms with Crippen LogP contribution in [0.25, 0.3) is 28.0 Å². The van der Waals surface area contributed by atoms with Crippen molar-refractivity contribution in [3.05, 3.63) is 125 Å². The molecule has 4 heteroatoms. The molecule has 1 aliphatic carbocycles. The SMILES string of the molecule is COc1cc2c3c(c4c(c2cc1N1CCCCC1)-c1ccccc1C4(C)C)C=CC(c1ccccc1)(c1ccc(N2CCCCC2)cc1)O3. The van der Waals surface area contributed by atoms with Crippen molar-refractivity contribution in [3.8, 4) is 22.6 Å². The van der Waals surface area contributed by atoms with E-state index in [0.29, 0.717) is 0 Å². The number of benzene rings is 5. The van der Waals surface area contributed by atoms with Gasteiger partial charge in [0.2, 0.25) is 0 Å². The molecule has 5 aromatic carbocycles. The van der Waals surface area contributed by atoms with Gasteiger partial charge in [0.1, 0.15) is 11.5 Å². The molecule has 2 fully saturated rings. The monoisotopic (exact) mass is 646 g/mol. The number of piperidine rings is 2. The van der Waals surface area contributed by atoms with Crippen molar-refractivity contribution in [2.45, 2.75) is 63.4 Å². The second kappa shape index (κ2) is 11.7. The minimum Gasteiger partial charge on any atom is -0.495 e. The first kappa shape index (κ1) is 30.4. The molecule has 4 nitrogen and oxygen atoms in total. The van der Waals surface area contributed by atoms with Gasteiger partial charge in [-0.2, -0.15) is 0 Å². The predicted molar refractivity (Wildman–Crippen MR) is 204 cm³/mol. The number of anilines is 2. The molecule has 0 aromatic heterocycles. The fourth-order valence-electron chi connectivity index (χ4n) is 9.25. The van der Waals surface area contributed by atoms with Gasteiger partial charge in [-0.1, -0.05) is 86.7 Å². The van der Waals surface area contributed by atoms with Crippen LogP contribution >= 0.6 is 0 Å². The predicted octanol–water partition coefficient (Wildman–Crippen LogP) is 10.5. The van der Waals surface area contributed by atoms with Crippen molar-refractivity contribution in [2.75, 3.05) is 43.1 Å². The number of hydrogen-bond acceptors (Lipinski definition) is 4. The van der Waals surface area contributed by atoms with Crippen LogP contribution in [0.1, 0.15) is 80.2 Å². The summed E-state index contributed by atoms with van der Waals surface area (Å²) in [5.41, 5.74) is 10.3. The average molecular weight is 647 g/mol. The summed E-state index contributed by atoms with van der Waals surface area (Å²) in [6.45, 7) is 9.13. The summed E-state index contributed by atoms with van der Waals surface area (Å²) in [4.78, 5) is 5.05. The van der Waals surface area contributed by atoms with Gasteiger partial charge in [-0.3, -0.25) is 0 Å². The molecular weight excluding hydrogens is 601 g/mol. The van der Waals surface area contributed by atoms with Crippen LogP contribution in [0.2, 0.25) is 0 Å². The molecule has 1 atom stereocenters. The zero-order chi connectivity index (χ0) is 33.2. The van der Waals surface area contributed by atoms with E-state index in [0.717, 1.165) is 54.2 Å². The highest BCUT2D eigenvalue weighted by molar-refractivity contribution is 6.10. The molecule has 4 aliphatic rings. The molecule has 9 rings (SSSR count). The van der Waals surface area contributed by atoms with Crippen LogP contribution in [0.4, 0.5) is 11.4 Å². The Hall–Kier alpha value is -4.70. The van der Waals surface area contributed by atoms with Crippen molar-refractivity contribution in [2.24, 2.45) is 0 Å². The van der Waals surface area contributed by atoms with Crippen molar-refractivity contribution in [3.63, 3.8) is 0 Å². The molecular formula is C45H46N2O2. The van der Waals surface area contributed by atoms with E-state index in [-0.39, 0.29) is 5.41 Å². The molecule has 3 heterocycles. The first-order valence-electron chi connectivity index (χ1n) is 18.4. The Labute approximate surface area is 291 Å². The molecule has 0 saturated carbocycles. The minimum atomic E-state index is -0.787. The highest BCUT2D eigenvalue weighted by Crippen LogP contribution is 2.59. The summed E-state index contributed by atoms with van der Waals surface area (Å²) in [5.74, 6) is 1.85. The van der Waals surface area contributed by atoms with Gasteiger partial charge < -0.3 is 19.3 Å². The van der Waals surface area contributed by atoms with E-state index in [1.807, 2.05) is 7.11 Å². The van der Waals surface area contributed by atoms with E-state index in [1.165, 1.54) is 83.1 Å². The van der Waals surface area contributed by atoms with Crippen LogP contribution in [0.3, 0.4) is 0 Å². The van der Waals surface area contributed by atoms with Gasteiger partial charge in [0.25, 0.3) is 0 Å². The molecule has 1 unspecified atom stereocenters. The first-order chi connectivity index (χ1) is 24.0. The lowest BCUT2D eigenvalue weighted by atomic mass is 9.76. The molecule has 248 valence electrons. The number of hydrogen-bond donors (Lipinski definition) is 0. The third-order valence-electron chi connectivity index (χ3n) is 11.8. The molecule has 3 aliphatic heterocycles. The summed E-state index contributed by atoms with van der Waals surface area (Å²) in [7, 11) is 1.81. The molecule has 0 N–H and O–H groups in total. The summed E-state index contributed by atoms with van der Waals surface area (Å²) >= 11 is 0. The number of rotatable bonds is 5. The van der Waals surface area contributed by atoms with Crippen molar-refractivity contribution >= 4 is 28.2 Å². The topological polar surface area (TPSA) is 24.9 Å². The fraction of sp³-hybridized carbons (Fsp3) is 0.333. The average Bonchev–Trinajstić information content (AvgIpc) is 3.42. The van der Waals surface area contributed by atoms with Gasteiger partial charge in [0.05, 0.1) is 12.8 Å². The zero-order valence-electron chi connectivity index (χ0n) is 29.1. The summed E-state index contributed by atoms with van der Waals surface area (Å²) < 4.78 is 13.8. The normalized spacial score (nSPS) is 20.8. The highest BCUT2D eigenvalue weighted by atomic mass is 16.5. The molecule has 5 aromatic rings. The van der Waals surface area contributed by atoms with E-state index >= 15 is 0 Å². The van der Waals surface area contributed by atoms with E-state index in [2.05, 4.69) is 127 Å². The molecule has 49 heavy (non-hydrogen) atoms. The van der Waals surface area contributed by atoms with E-state index in [9.17, 15) is 0 Å². The second-order valence-corrected chi connectivity index (χ2v) is 14.9. The van der Waals surface area contributed by atoms with Gasteiger partial charge in [-0.25, -0.2) is 0 Å². The summed E-state index contributed by atoms with van der Waals surface area (Å²) in [6.07, 6.45) is 12.2. The third kappa shape index (κ3) is 4.70. The third-order valence-corrected chi connectivity index (χ3v) is 11.8. The fourth-order valence-corrected chi connectivity index (χ4v) is 9.25. The van der Waals surface area contributed by atoms with Crippen molar-refractivity contribution in [1.29, 1.82) is 0 Å². The Morgan fingerprint density at radius 2 is 1.33 bits per heavy atom. The Balaban J connectivity index is 1.29. The van der Waals surface area contributed by atoms with E-state index in [4.69, 9.17) is 9.47 Å². The van der Waals surface area contributed by atoms with Crippen LogP contribution < -0.4 is 19.3 Å². The van der Waals surface area contributed by atoms with E-state index in [1.54, 1.807) is 0 Å². The number of nitrogens with zero attached hydrogens (tertiary/aromatic N) is 2. The standard InChI is InChI=1S/C45H46N2O2/c1-44(2)38-18-10-9-17-34(38)41-36-29-39(47-27-13-6-14-28-47)40(48-3)30-37(36)43-35(42(41)44)23-24-45(49-43,31-15-7-4-8-16-31)32-19-21-33(22-20-32)46-25-11-5-12-26-46/h4,7-10,15-24,29-30H,5-6,11-14,25-28H2,1-3H3. The summed E-state index contributed by atoms with van der Waals surface area (Å²) in [5, 5.41) is 2.35. The number of fused-ring (bicyclic) bond motifs is 8. The van der Waals surface area contributed by atoms with Crippen LogP contribution in [-0.4, -0.2) is 33.3 Å². The molecule has 0 spiro atoms. The molecule has 0 bridgehead atoms. The molecule has 0 amide bonds. The Bertz CT molecular complexity index is 2070. The highest BCUT2D eigenvalue weighted by Gasteiger charge is 2.44. The molecule has 2 saturated heterocycles. The van der Waals surface area contributed by atoms with Crippen molar-refractivity contribution < 1.29 is 9.47 Å². The maximum atomic E-state index is 7.62. The Kier molecular flexibility index (Phi) is 7.26. The number of methoxy groups -OCH3 is 1. The molecule has 0 radical (unpaired) electrons. The van der Waals surface area contributed by atoms with Crippen LogP contribution in [0, 0.1) is 0 Å². The van der Waals surface area contributed by atoms with Gasteiger partial charge in [-0.05, 0) is 96.5 Å². The van der Waals surface area contributed by atoms with Gasteiger partial charge in [0, 0.05) is 59.4 Å². The lowest BCUT2D eigenvalue weighted by molar-refractivity contribution is 0.163. The maximum absolute atomic E-state index is 7.62. The maximum Gasteiger partial charge on any atom is 0.178 e. The van der Waals surface area contributed by atoms with Crippen LogP contribution in [0.5, 0.6) is 11.5 Å². The minimum absolute atomic E-state index is 0.189. The van der Waals surface area contributed by atoms with Gasteiger partial charge in [0.15, 0.2) is 5.60 Å². The van der Waals surface area contributed by atoms with Gasteiger partial charge >= 0.3 is 0 Å². The zero-order valence-corrected chi connectivity index (χ0v) is 29.1. The van der Waals surface area contributed by atoms with Crippen LogP contribution in [0.15, 0.2) is 97.1 Å². The van der Waals surface area contributed by atoms with Crippen molar-refractivity contribution in [1.82, 2.24) is 0 Å². The Morgan fingerprint density at radius 3 is 2.04 bits per heavy atom. The lowest BCUT2D eigenvalue weighted by Crippen LogP contribution is -2.35. The Morgan fingerprint density at radius 1 is 0.673 bits per heavy atom. The largest absolute Gasteiger partial charge is 0.495 e.